The molecule has 0 spiro atoms. The molecule has 3 N–H and O–H groups in total. The number of aromatic nitrogens is 2. The fourth-order valence-corrected chi connectivity index (χ4v) is 4.49. The molecular formula is C21H26N6. The number of hydrogen-bond donors (Lipinski definition) is 2. The fourth-order valence-electron chi connectivity index (χ4n) is 4.49. The Morgan fingerprint density at radius 1 is 1.26 bits per heavy atom. The lowest BCUT2D eigenvalue weighted by Gasteiger charge is -2.45. The van der Waals surface area contributed by atoms with E-state index < -0.39 is 0 Å². The molecular weight excluding hydrogens is 336 g/mol. The maximum atomic E-state index is 9.72. The van der Waals surface area contributed by atoms with Crippen LogP contribution in [-0.4, -0.2) is 34.5 Å². The first-order valence-corrected chi connectivity index (χ1v) is 9.65. The van der Waals surface area contributed by atoms with Crippen LogP contribution < -0.4 is 11.1 Å². The lowest BCUT2D eigenvalue weighted by Crippen LogP contribution is -2.46. The van der Waals surface area contributed by atoms with Gasteiger partial charge in [0.15, 0.2) is 5.82 Å². The summed E-state index contributed by atoms with van der Waals surface area (Å²) in [5.41, 5.74) is 10.5. The van der Waals surface area contributed by atoms with Crippen LogP contribution in [0.15, 0.2) is 18.2 Å². The van der Waals surface area contributed by atoms with Crippen molar-refractivity contribution in [3.63, 3.8) is 0 Å². The summed E-state index contributed by atoms with van der Waals surface area (Å²) in [6, 6.07) is 8.71. The largest absolute Gasteiger partial charge is 0.394 e. The van der Waals surface area contributed by atoms with E-state index in [-0.39, 0.29) is 0 Å². The molecule has 1 unspecified atom stereocenters. The fraction of sp³-hybridized carbons (Fsp3) is 0.476. The third-order valence-corrected chi connectivity index (χ3v) is 6.00. The van der Waals surface area contributed by atoms with E-state index in [9.17, 15) is 5.26 Å². The van der Waals surface area contributed by atoms with Crippen LogP contribution in [0.25, 0.3) is 0 Å². The van der Waals surface area contributed by atoms with Gasteiger partial charge in [0, 0.05) is 19.0 Å². The van der Waals surface area contributed by atoms with Crippen molar-refractivity contribution in [2.24, 2.45) is 5.92 Å². The molecule has 140 valence electrons. The Bertz CT molecular complexity index is 892. The molecule has 4 heterocycles. The molecule has 3 fully saturated rings. The number of nitrogens with two attached hydrogens (primary N) is 1. The number of nitrogens with one attached hydrogen (secondary N) is 1. The summed E-state index contributed by atoms with van der Waals surface area (Å²) in [4.78, 5) is 11.2. The minimum atomic E-state index is 0.493. The van der Waals surface area contributed by atoms with Crippen LogP contribution in [0.1, 0.15) is 47.0 Å². The molecule has 2 aromatic rings. The second kappa shape index (κ2) is 7.16. The molecule has 6 nitrogen and oxygen atoms in total. The molecule has 3 aliphatic rings. The molecule has 2 bridgehead atoms. The van der Waals surface area contributed by atoms with Crippen molar-refractivity contribution in [3.05, 3.63) is 46.4 Å². The Morgan fingerprint density at radius 2 is 2.04 bits per heavy atom. The molecule has 0 amide bonds. The van der Waals surface area contributed by atoms with Gasteiger partial charge < -0.3 is 16.0 Å². The number of fused-ring (bicyclic) bond motifs is 3. The highest BCUT2D eigenvalue weighted by Crippen LogP contribution is 2.40. The van der Waals surface area contributed by atoms with Crippen molar-refractivity contribution in [3.8, 4) is 6.07 Å². The SMILES string of the molecule is Cc1nc(C)c(N)c(NCc2ccc(C3CN4CCC3CC4)c(C#N)c2)n1. The van der Waals surface area contributed by atoms with Crippen molar-refractivity contribution < 1.29 is 0 Å². The lowest BCUT2D eigenvalue weighted by molar-refractivity contribution is 0.0870. The van der Waals surface area contributed by atoms with E-state index in [2.05, 4.69) is 38.4 Å². The second-order valence-electron chi connectivity index (χ2n) is 7.75. The van der Waals surface area contributed by atoms with Gasteiger partial charge in [-0.15, -0.1) is 0 Å². The number of rotatable bonds is 4. The lowest BCUT2D eigenvalue weighted by atomic mass is 9.74. The molecule has 1 aromatic carbocycles. The standard InChI is InChI=1S/C21H26N6/c1-13-20(23)21(26-14(2)25-13)24-11-15-3-4-18(17(9-15)10-22)19-12-27-7-5-16(19)6-8-27/h3-4,9,16,19H,5-8,11-12,23H2,1-2H3,(H,24,25,26). The van der Waals surface area contributed by atoms with Crippen molar-refractivity contribution >= 4 is 11.5 Å². The number of nitrogens with zero attached hydrogens (tertiary/aromatic N) is 4. The van der Waals surface area contributed by atoms with Gasteiger partial charge in [-0.05, 0) is 62.9 Å². The summed E-state index contributed by atoms with van der Waals surface area (Å²) in [6.45, 7) is 7.83. The minimum absolute atomic E-state index is 0.493. The minimum Gasteiger partial charge on any atom is -0.394 e. The van der Waals surface area contributed by atoms with E-state index in [1.807, 2.05) is 19.9 Å². The van der Waals surface area contributed by atoms with E-state index in [1.165, 1.54) is 31.5 Å². The predicted molar refractivity (Wildman–Crippen MR) is 106 cm³/mol. The van der Waals surface area contributed by atoms with Gasteiger partial charge in [-0.3, -0.25) is 0 Å². The smallest absolute Gasteiger partial charge is 0.153 e. The summed E-state index contributed by atoms with van der Waals surface area (Å²) < 4.78 is 0. The Kier molecular flexibility index (Phi) is 4.71. The van der Waals surface area contributed by atoms with Crippen LogP contribution in [0, 0.1) is 31.1 Å². The Balaban J connectivity index is 1.53. The third-order valence-electron chi connectivity index (χ3n) is 6.00. The zero-order valence-electron chi connectivity index (χ0n) is 16.0. The number of aryl methyl sites for hydroxylation is 2. The molecule has 0 saturated carbocycles. The van der Waals surface area contributed by atoms with Crippen molar-refractivity contribution in [1.29, 1.82) is 5.26 Å². The molecule has 1 atom stereocenters. The first kappa shape index (κ1) is 17.7. The van der Waals surface area contributed by atoms with Gasteiger partial charge in [-0.1, -0.05) is 12.1 Å². The zero-order chi connectivity index (χ0) is 19.0. The molecule has 0 aliphatic carbocycles. The summed E-state index contributed by atoms with van der Waals surface area (Å²) in [5.74, 6) is 2.56. The number of piperidine rings is 3. The molecule has 27 heavy (non-hydrogen) atoms. The summed E-state index contributed by atoms with van der Waals surface area (Å²) in [7, 11) is 0. The number of anilines is 2. The van der Waals surface area contributed by atoms with E-state index >= 15 is 0 Å². The van der Waals surface area contributed by atoms with E-state index in [1.54, 1.807) is 0 Å². The summed E-state index contributed by atoms with van der Waals surface area (Å²) >= 11 is 0. The Labute approximate surface area is 160 Å². The van der Waals surface area contributed by atoms with Crippen LogP contribution >= 0.6 is 0 Å². The maximum Gasteiger partial charge on any atom is 0.153 e. The second-order valence-corrected chi connectivity index (χ2v) is 7.75. The van der Waals surface area contributed by atoms with Gasteiger partial charge >= 0.3 is 0 Å². The average Bonchev–Trinajstić information content (AvgIpc) is 2.70. The van der Waals surface area contributed by atoms with Crippen molar-refractivity contribution in [1.82, 2.24) is 14.9 Å². The molecule has 5 rings (SSSR count). The van der Waals surface area contributed by atoms with Gasteiger partial charge in [0.25, 0.3) is 0 Å². The number of nitrogen functional groups attached to an aromatic ring is 1. The van der Waals surface area contributed by atoms with Gasteiger partial charge in [0.1, 0.15) is 5.82 Å². The van der Waals surface area contributed by atoms with Crippen LogP contribution in [0.2, 0.25) is 0 Å². The van der Waals surface area contributed by atoms with Crippen LogP contribution in [-0.2, 0) is 6.54 Å². The van der Waals surface area contributed by atoms with Gasteiger partial charge in [-0.25, -0.2) is 9.97 Å². The number of benzene rings is 1. The Morgan fingerprint density at radius 3 is 2.70 bits per heavy atom. The Hall–Kier alpha value is -2.65. The van der Waals surface area contributed by atoms with Crippen LogP contribution in [0.4, 0.5) is 11.5 Å². The van der Waals surface area contributed by atoms with E-state index in [0.717, 1.165) is 29.3 Å². The van der Waals surface area contributed by atoms with Crippen molar-refractivity contribution in [2.45, 2.75) is 39.2 Å². The number of hydrogen-bond acceptors (Lipinski definition) is 6. The third kappa shape index (κ3) is 3.47. The predicted octanol–water partition coefficient (Wildman–Crippen LogP) is 2.97. The number of nitriles is 1. The molecule has 3 saturated heterocycles. The maximum absolute atomic E-state index is 9.72. The van der Waals surface area contributed by atoms with Crippen LogP contribution in [0.5, 0.6) is 0 Å². The first-order valence-electron chi connectivity index (χ1n) is 9.65. The molecule has 3 aliphatic heterocycles. The molecule has 0 radical (unpaired) electrons. The molecule has 6 heteroatoms. The highest BCUT2D eigenvalue weighted by Gasteiger charge is 2.35. The average molecular weight is 362 g/mol. The van der Waals surface area contributed by atoms with Crippen LogP contribution in [0.3, 0.4) is 0 Å². The highest BCUT2D eigenvalue weighted by atomic mass is 15.1. The highest BCUT2D eigenvalue weighted by molar-refractivity contribution is 5.63. The summed E-state index contributed by atoms with van der Waals surface area (Å²) in [6.07, 6.45) is 2.51. The van der Waals surface area contributed by atoms with Crippen molar-refractivity contribution in [2.75, 3.05) is 30.7 Å². The quantitative estimate of drug-likeness (QED) is 0.869. The van der Waals surface area contributed by atoms with E-state index in [0.29, 0.717) is 29.8 Å². The zero-order valence-corrected chi connectivity index (χ0v) is 16.0. The topological polar surface area (TPSA) is 90.9 Å². The summed E-state index contributed by atoms with van der Waals surface area (Å²) in [5, 5.41) is 13.0. The first-order chi connectivity index (χ1) is 13.0. The van der Waals surface area contributed by atoms with E-state index in [4.69, 9.17) is 5.73 Å². The molecule has 1 aromatic heterocycles. The monoisotopic (exact) mass is 362 g/mol. The van der Waals surface area contributed by atoms with Gasteiger partial charge in [-0.2, -0.15) is 5.26 Å². The van der Waals surface area contributed by atoms with Gasteiger partial charge in [0.05, 0.1) is 23.0 Å². The normalized spacial score (nSPS) is 23.8. The van der Waals surface area contributed by atoms with Gasteiger partial charge in [0.2, 0.25) is 0 Å².